The van der Waals surface area contributed by atoms with E-state index >= 15 is 8.78 Å². The third kappa shape index (κ3) is 8.01. The van der Waals surface area contributed by atoms with Gasteiger partial charge in [0, 0.05) is 11.1 Å². The van der Waals surface area contributed by atoms with E-state index in [4.69, 9.17) is 18.3 Å². The number of phosphoric acid groups is 1. The standard InChI is InChI=1S/C29H35F3N3O6P/c1-4-6-14-39-42(37,40-15-7-5-2)41-19-29(31,32)18-35-28(21-8-11-23(30)12-9-21)27(20(3)34-35)22-10-13-25-24(16-22)33-26(36)17-38-25/h8-13,16H,4-7,14-15,17-19H2,1-3H3,(H,33,36). The normalized spacial score (nSPS) is 13.5. The van der Waals surface area contributed by atoms with E-state index in [1.807, 2.05) is 13.8 Å². The fourth-order valence-corrected chi connectivity index (χ4v) is 5.65. The number of rotatable bonds is 15. The van der Waals surface area contributed by atoms with Crippen LogP contribution < -0.4 is 10.1 Å². The van der Waals surface area contributed by atoms with Crippen LogP contribution in [0.15, 0.2) is 42.5 Å². The number of nitrogens with zero attached hydrogens (tertiary/aromatic N) is 2. The van der Waals surface area contributed by atoms with Crippen LogP contribution in [0.5, 0.6) is 5.75 Å². The molecule has 0 radical (unpaired) electrons. The number of amides is 1. The predicted octanol–water partition coefficient (Wildman–Crippen LogP) is 7.39. The van der Waals surface area contributed by atoms with Gasteiger partial charge in [0.05, 0.1) is 30.3 Å². The van der Waals surface area contributed by atoms with Crippen molar-refractivity contribution in [1.82, 2.24) is 9.78 Å². The average molecular weight is 610 g/mol. The number of ether oxygens (including phenoxy) is 1. The number of alkyl halides is 2. The first kappa shape index (κ1) is 31.7. The number of carbonyl (C=O) groups is 1. The zero-order valence-electron chi connectivity index (χ0n) is 23.8. The van der Waals surface area contributed by atoms with Gasteiger partial charge in [-0.05, 0) is 61.7 Å². The zero-order valence-corrected chi connectivity index (χ0v) is 24.7. The van der Waals surface area contributed by atoms with Gasteiger partial charge in [0.1, 0.15) is 24.7 Å². The molecule has 13 heteroatoms. The van der Waals surface area contributed by atoms with Crippen molar-refractivity contribution in [1.29, 1.82) is 0 Å². The molecule has 1 aliphatic rings. The smallest absolute Gasteiger partial charge is 0.474 e. The van der Waals surface area contributed by atoms with Crippen LogP contribution in [-0.2, 0) is 29.5 Å². The minimum atomic E-state index is -4.22. The number of hydrogen-bond donors (Lipinski definition) is 1. The number of aryl methyl sites for hydroxylation is 1. The van der Waals surface area contributed by atoms with E-state index in [2.05, 4.69) is 10.4 Å². The van der Waals surface area contributed by atoms with Gasteiger partial charge in [-0.25, -0.2) is 17.7 Å². The minimum Gasteiger partial charge on any atom is -0.482 e. The molecule has 0 saturated heterocycles. The second-order valence-electron chi connectivity index (χ2n) is 9.97. The fourth-order valence-electron chi connectivity index (χ4n) is 4.37. The molecule has 0 atom stereocenters. The molecule has 3 aromatic rings. The molecular formula is C29H35F3N3O6P. The molecule has 0 unspecified atom stereocenters. The third-order valence-corrected chi connectivity index (χ3v) is 7.90. The Labute approximate surface area is 242 Å². The molecule has 0 bridgehead atoms. The van der Waals surface area contributed by atoms with Gasteiger partial charge < -0.3 is 10.1 Å². The van der Waals surface area contributed by atoms with E-state index in [9.17, 15) is 13.8 Å². The van der Waals surface area contributed by atoms with E-state index in [-0.39, 0.29) is 25.7 Å². The van der Waals surface area contributed by atoms with Crippen LogP contribution in [0.4, 0.5) is 18.9 Å². The van der Waals surface area contributed by atoms with Crippen molar-refractivity contribution in [3.8, 4) is 28.1 Å². The molecule has 1 amide bonds. The van der Waals surface area contributed by atoms with Crippen molar-refractivity contribution in [2.45, 2.75) is 58.9 Å². The van der Waals surface area contributed by atoms with E-state index in [1.54, 1.807) is 25.1 Å². The van der Waals surface area contributed by atoms with Crippen molar-refractivity contribution in [3.05, 3.63) is 54.0 Å². The number of fused-ring (bicyclic) bond motifs is 1. The van der Waals surface area contributed by atoms with E-state index in [1.165, 1.54) is 24.3 Å². The average Bonchev–Trinajstić information content (AvgIpc) is 3.27. The van der Waals surface area contributed by atoms with Crippen LogP contribution >= 0.6 is 7.82 Å². The summed E-state index contributed by atoms with van der Waals surface area (Å²) in [6.45, 7) is 3.31. The van der Waals surface area contributed by atoms with Crippen molar-refractivity contribution in [3.63, 3.8) is 0 Å². The molecule has 2 heterocycles. The maximum Gasteiger partial charge on any atom is 0.474 e. The molecule has 42 heavy (non-hydrogen) atoms. The summed E-state index contributed by atoms with van der Waals surface area (Å²) in [6.07, 6.45) is 2.63. The van der Waals surface area contributed by atoms with Crippen LogP contribution in [0.25, 0.3) is 22.4 Å². The number of hydrogen-bond acceptors (Lipinski definition) is 7. The quantitative estimate of drug-likeness (QED) is 0.142. The Kier molecular flexibility index (Phi) is 10.5. The molecule has 9 nitrogen and oxygen atoms in total. The van der Waals surface area contributed by atoms with Crippen LogP contribution in [0.2, 0.25) is 0 Å². The lowest BCUT2D eigenvalue weighted by Gasteiger charge is -2.22. The lowest BCUT2D eigenvalue weighted by molar-refractivity contribution is -0.118. The van der Waals surface area contributed by atoms with Gasteiger partial charge in [-0.15, -0.1) is 0 Å². The highest BCUT2D eigenvalue weighted by Gasteiger charge is 2.38. The maximum atomic E-state index is 15.4. The second-order valence-corrected chi connectivity index (χ2v) is 11.6. The van der Waals surface area contributed by atoms with Crippen molar-refractivity contribution in [2.24, 2.45) is 0 Å². The number of phosphoric ester groups is 1. The second kappa shape index (κ2) is 13.9. The number of anilines is 1. The van der Waals surface area contributed by atoms with Gasteiger partial charge in [-0.2, -0.15) is 5.10 Å². The zero-order chi connectivity index (χ0) is 30.3. The Balaban J connectivity index is 1.65. The van der Waals surface area contributed by atoms with Gasteiger partial charge in [0.15, 0.2) is 6.61 Å². The molecule has 0 saturated carbocycles. The summed E-state index contributed by atoms with van der Waals surface area (Å²) in [7, 11) is -4.22. The SMILES string of the molecule is CCCCOP(=O)(OCCCC)OCC(F)(F)Cn1nc(C)c(-c2ccc3c(c2)NC(=O)CO3)c1-c1ccc(F)cc1. The lowest BCUT2D eigenvalue weighted by Crippen LogP contribution is -2.30. The number of nitrogens with one attached hydrogen (secondary N) is 1. The Hall–Kier alpha value is -3.18. The highest BCUT2D eigenvalue weighted by atomic mass is 31.2. The molecule has 4 rings (SSSR count). The first-order valence-electron chi connectivity index (χ1n) is 13.9. The molecule has 2 aromatic carbocycles. The molecule has 228 valence electrons. The third-order valence-electron chi connectivity index (χ3n) is 6.46. The highest BCUT2D eigenvalue weighted by Crippen LogP contribution is 2.51. The van der Waals surface area contributed by atoms with Crippen molar-refractivity contribution >= 4 is 19.4 Å². The van der Waals surface area contributed by atoms with Gasteiger partial charge in [-0.3, -0.25) is 23.0 Å². The van der Waals surface area contributed by atoms with Crippen molar-refractivity contribution < 1.29 is 40.8 Å². The van der Waals surface area contributed by atoms with Gasteiger partial charge in [-0.1, -0.05) is 32.8 Å². The number of unbranched alkanes of at least 4 members (excludes halogenated alkanes) is 2. The molecule has 1 aliphatic heterocycles. The molecule has 0 spiro atoms. The molecule has 1 aromatic heterocycles. The Morgan fingerprint density at radius 3 is 2.31 bits per heavy atom. The molecule has 0 aliphatic carbocycles. The van der Waals surface area contributed by atoms with E-state index in [0.29, 0.717) is 52.4 Å². The minimum absolute atomic E-state index is 0.0498. The van der Waals surface area contributed by atoms with Gasteiger partial charge in [0.2, 0.25) is 0 Å². The first-order valence-corrected chi connectivity index (χ1v) is 15.3. The van der Waals surface area contributed by atoms with Gasteiger partial charge in [0.25, 0.3) is 11.8 Å². The monoisotopic (exact) mass is 609 g/mol. The maximum absolute atomic E-state index is 15.4. The van der Waals surface area contributed by atoms with Crippen molar-refractivity contribution in [2.75, 3.05) is 31.7 Å². The lowest BCUT2D eigenvalue weighted by atomic mass is 9.98. The number of halogens is 3. The Bertz CT molecular complexity index is 1420. The number of benzene rings is 2. The number of carbonyl (C=O) groups excluding carboxylic acids is 1. The first-order chi connectivity index (χ1) is 20.0. The largest absolute Gasteiger partial charge is 0.482 e. The topological polar surface area (TPSA) is 101 Å². The predicted molar refractivity (Wildman–Crippen MR) is 152 cm³/mol. The van der Waals surface area contributed by atoms with E-state index < -0.39 is 32.7 Å². The summed E-state index contributed by atoms with van der Waals surface area (Å²) in [5.41, 5.74) is 2.69. The summed E-state index contributed by atoms with van der Waals surface area (Å²) >= 11 is 0. The summed E-state index contributed by atoms with van der Waals surface area (Å²) in [4.78, 5) is 11.9. The molecule has 0 fully saturated rings. The van der Waals surface area contributed by atoms with Crippen LogP contribution in [0, 0.1) is 12.7 Å². The van der Waals surface area contributed by atoms with Crippen LogP contribution in [-0.4, -0.2) is 48.0 Å². The van der Waals surface area contributed by atoms with Crippen LogP contribution in [0.1, 0.15) is 45.2 Å². The van der Waals surface area contributed by atoms with E-state index in [0.717, 1.165) is 17.5 Å². The molecule has 1 N–H and O–H groups in total. The Morgan fingerprint density at radius 1 is 1.02 bits per heavy atom. The fraction of sp³-hybridized carbons (Fsp3) is 0.448. The molecular weight excluding hydrogens is 574 g/mol. The number of aromatic nitrogens is 2. The summed E-state index contributed by atoms with van der Waals surface area (Å²) < 4.78 is 80.0. The summed E-state index contributed by atoms with van der Waals surface area (Å²) in [6, 6.07) is 10.5. The summed E-state index contributed by atoms with van der Waals surface area (Å²) in [5, 5.41) is 7.14. The summed E-state index contributed by atoms with van der Waals surface area (Å²) in [5.74, 6) is -3.88. The highest BCUT2D eigenvalue weighted by molar-refractivity contribution is 7.48. The van der Waals surface area contributed by atoms with Gasteiger partial charge >= 0.3 is 7.82 Å². The Morgan fingerprint density at radius 2 is 1.67 bits per heavy atom. The van der Waals surface area contributed by atoms with Crippen LogP contribution in [0.3, 0.4) is 0 Å².